The first kappa shape index (κ1) is 16.1. The van der Waals surface area contributed by atoms with Crippen molar-refractivity contribution in [3.8, 4) is 11.1 Å². The molecule has 0 saturated heterocycles. The molecule has 4 rings (SSSR count). The van der Waals surface area contributed by atoms with Crippen LogP contribution in [0.15, 0.2) is 42.7 Å². The highest BCUT2D eigenvalue weighted by Crippen LogP contribution is 2.35. The lowest BCUT2D eigenvalue weighted by Crippen LogP contribution is -2.15. The second-order valence-electron chi connectivity index (χ2n) is 6.08. The number of fused-ring (bicyclic) bond motifs is 1. The number of nitrogens with one attached hydrogen (secondary N) is 1. The van der Waals surface area contributed by atoms with E-state index < -0.39 is 12.1 Å². The quantitative estimate of drug-likeness (QED) is 0.749. The van der Waals surface area contributed by atoms with Crippen LogP contribution < -0.4 is 5.32 Å². The van der Waals surface area contributed by atoms with Crippen molar-refractivity contribution in [2.45, 2.75) is 19.2 Å². The number of pyridine rings is 1. The minimum absolute atomic E-state index is 0.163. The molecule has 5 nitrogen and oxygen atoms in total. The van der Waals surface area contributed by atoms with Gasteiger partial charge in [-0.05, 0) is 35.7 Å². The van der Waals surface area contributed by atoms with Crippen LogP contribution >= 0.6 is 11.6 Å². The van der Waals surface area contributed by atoms with Gasteiger partial charge in [0.25, 0.3) is 0 Å². The van der Waals surface area contributed by atoms with Gasteiger partial charge in [0.1, 0.15) is 11.8 Å². The zero-order valence-corrected chi connectivity index (χ0v) is 13.9. The lowest BCUT2D eigenvalue weighted by molar-refractivity contribution is -0.117. The molecular formula is C18H15ClFN3O2. The molecule has 7 heteroatoms. The van der Waals surface area contributed by atoms with E-state index in [9.17, 15) is 14.3 Å². The van der Waals surface area contributed by atoms with E-state index in [4.69, 9.17) is 11.6 Å². The number of aliphatic hydroxyl groups excluding tert-OH is 1. The van der Waals surface area contributed by atoms with Crippen molar-refractivity contribution in [1.82, 2.24) is 9.38 Å². The number of aromatic nitrogens is 2. The number of anilines is 1. The van der Waals surface area contributed by atoms with Crippen molar-refractivity contribution in [2.75, 3.05) is 5.32 Å². The van der Waals surface area contributed by atoms with Gasteiger partial charge in [0, 0.05) is 16.8 Å². The summed E-state index contributed by atoms with van der Waals surface area (Å²) in [7, 11) is 0. The molecule has 2 aromatic heterocycles. The van der Waals surface area contributed by atoms with Crippen LogP contribution in [0.5, 0.6) is 0 Å². The Morgan fingerprint density at radius 2 is 2.16 bits per heavy atom. The van der Waals surface area contributed by atoms with E-state index in [1.54, 1.807) is 16.7 Å². The van der Waals surface area contributed by atoms with E-state index in [-0.39, 0.29) is 18.9 Å². The molecule has 1 aliphatic rings. The van der Waals surface area contributed by atoms with Crippen molar-refractivity contribution in [1.29, 1.82) is 0 Å². The first-order valence-electron chi connectivity index (χ1n) is 7.89. The van der Waals surface area contributed by atoms with Crippen LogP contribution in [0.3, 0.4) is 0 Å². The minimum atomic E-state index is -1.04. The zero-order chi connectivity index (χ0) is 17.6. The van der Waals surface area contributed by atoms with Crippen LogP contribution in [0.25, 0.3) is 16.8 Å². The number of rotatable bonds is 4. The van der Waals surface area contributed by atoms with Crippen LogP contribution in [0, 0.1) is 5.92 Å². The van der Waals surface area contributed by atoms with Gasteiger partial charge in [0.15, 0.2) is 5.82 Å². The average molecular weight is 360 g/mol. The molecule has 25 heavy (non-hydrogen) atoms. The SMILES string of the molecule is O=C(Nc1cn2cc(-c3cccc(Cl)c3CO)ccc2n1)C1CC1F. The molecular weight excluding hydrogens is 345 g/mol. The molecule has 2 heterocycles. The maximum Gasteiger partial charge on any atom is 0.231 e. The van der Waals surface area contributed by atoms with Crippen LogP contribution in [0.1, 0.15) is 12.0 Å². The predicted octanol–water partition coefficient (Wildman–Crippen LogP) is 3.44. The van der Waals surface area contributed by atoms with Gasteiger partial charge in [-0.2, -0.15) is 0 Å². The molecule has 0 spiro atoms. The van der Waals surface area contributed by atoms with Gasteiger partial charge in [0.2, 0.25) is 5.91 Å². The van der Waals surface area contributed by atoms with Crippen molar-refractivity contribution in [3.05, 3.63) is 53.3 Å². The van der Waals surface area contributed by atoms with Gasteiger partial charge in [-0.15, -0.1) is 0 Å². The monoisotopic (exact) mass is 359 g/mol. The van der Waals surface area contributed by atoms with E-state index in [2.05, 4.69) is 10.3 Å². The smallest absolute Gasteiger partial charge is 0.231 e. The highest BCUT2D eigenvalue weighted by Gasteiger charge is 2.43. The fraction of sp³-hybridized carbons (Fsp3) is 0.222. The Morgan fingerprint density at radius 1 is 1.36 bits per heavy atom. The number of imidazole rings is 1. The molecule has 3 aromatic rings. The van der Waals surface area contributed by atoms with Gasteiger partial charge in [0.05, 0.1) is 18.7 Å². The summed E-state index contributed by atoms with van der Waals surface area (Å²) >= 11 is 6.15. The fourth-order valence-corrected chi connectivity index (χ4v) is 3.09. The van der Waals surface area contributed by atoms with E-state index in [0.29, 0.717) is 22.1 Å². The number of aliphatic hydroxyl groups is 1. The Kier molecular flexibility index (Phi) is 3.94. The molecule has 1 saturated carbocycles. The molecule has 0 bridgehead atoms. The number of amides is 1. The molecule has 2 unspecified atom stereocenters. The zero-order valence-electron chi connectivity index (χ0n) is 13.1. The van der Waals surface area contributed by atoms with Crippen LogP contribution in [-0.2, 0) is 11.4 Å². The number of hydrogen-bond acceptors (Lipinski definition) is 3. The Labute approximate surface area is 148 Å². The Morgan fingerprint density at radius 3 is 2.88 bits per heavy atom. The summed E-state index contributed by atoms with van der Waals surface area (Å²) < 4.78 is 14.7. The largest absolute Gasteiger partial charge is 0.392 e. The van der Waals surface area contributed by atoms with Gasteiger partial charge in [-0.1, -0.05) is 23.7 Å². The number of alkyl halides is 1. The highest BCUT2D eigenvalue weighted by molar-refractivity contribution is 6.31. The van der Waals surface area contributed by atoms with Crippen molar-refractivity contribution in [3.63, 3.8) is 0 Å². The summed E-state index contributed by atoms with van der Waals surface area (Å²) in [6.45, 7) is -0.163. The summed E-state index contributed by atoms with van der Waals surface area (Å²) in [4.78, 5) is 16.1. The molecule has 1 aliphatic carbocycles. The molecule has 2 atom stereocenters. The van der Waals surface area contributed by atoms with E-state index in [1.807, 2.05) is 30.5 Å². The fourth-order valence-electron chi connectivity index (χ4n) is 2.86. The number of carbonyl (C=O) groups excluding carboxylic acids is 1. The molecule has 1 fully saturated rings. The normalized spacial score (nSPS) is 19.2. The second kappa shape index (κ2) is 6.13. The number of benzene rings is 1. The minimum Gasteiger partial charge on any atom is -0.392 e. The molecule has 0 radical (unpaired) electrons. The summed E-state index contributed by atoms with van der Waals surface area (Å²) in [5.41, 5.74) is 2.99. The van der Waals surface area contributed by atoms with Crippen molar-refractivity contribution < 1.29 is 14.3 Å². The summed E-state index contributed by atoms with van der Waals surface area (Å²) in [5.74, 6) is -0.512. The standard InChI is InChI=1S/C18H15ClFN3O2/c19-14-3-1-2-11(13(14)9-24)10-4-5-17-21-16(8-23(17)7-10)22-18(25)12-6-15(12)20/h1-5,7-8,12,15,24H,6,9H2,(H,22,25). The summed E-state index contributed by atoms with van der Waals surface area (Å²) in [6, 6.07) is 9.12. The first-order chi connectivity index (χ1) is 12.1. The van der Waals surface area contributed by atoms with Crippen LogP contribution in [0.4, 0.5) is 10.2 Å². The number of nitrogens with zero attached hydrogens (tertiary/aromatic N) is 2. The van der Waals surface area contributed by atoms with Gasteiger partial charge < -0.3 is 14.8 Å². The van der Waals surface area contributed by atoms with Crippen molar-refractivity contribution in [2.24, 2.45) is 5.92 Å². The predicted molar refractivity (Wildman–Crippen MR) is 93.2 cm³/mol. The summed E-state index contributed by atoms with van der Waals surface area (Å²) in [5, 5.41) is 12.7. The number of hydrogen-bond donors (Lipinski definition) is 2. The highest BCUT2D eigenvalue weighted by atomic mass is 35.5. The van der Waals surface area contributed by atoms with Crippen molar-refractivity contribution >= 4 is 29.0 Å². The molecule has 1 aromatic carbocycles. The topological polar surface area (TPSA) is 66.6 Å². The van der Waals surface area contributed by atoms with E-state index >= 15 is 0 Å². The second-order valence-corrected chi connectivity index (χ2v) is 6.49. The third-order valence-corrected chi connectivity index (χ3v) is 4.69. The lowest BCUT2D eigenvalue weighted by atomic mass is 10.0. The lowest BCUT2D eigenvalue weighted by Gasteiger charge is -2.09. The van der Waals surface area contributed by atoms with Gasteiger partial charge in [-0.25, -0.2) is 9.37 Å². The first-order valence-corrected chi connectivity index (χ1v) is 8.27. The molecule has 128 valence electrons. The number of carbonyl (C=O) groups is 1. The third-order valence-electron chi connectivity index (χ3n) is 4.34. The van der Waals surface area contributed by atoms with Crippen LogP contribution in [0.2, 0.25) is 5.02 Å². The Balaban J connectivity index is 1.67. The average Bonchev–Trinajstić information content (AvgIpc) is 3.19. The molecule has 2 N–H and O–H groups in total. The van der Waals surface area contributed by atoms with Crippen LogP contribution in [-0.4, -0.2) is 26.6 Å². The maximum absolute atomic E-state index is 13.0. The summed E-state index contributed by atoms with van der Waals surface area (Å²) in [6.07, 6.45) is 2.76. The Bertz CT molecular complexity index is 972. The molecule has 0 aliphatic heterocycles. The maximum atomic E-state index is 13.0. The third kappa shape index (κ3) is 2.99. The molecule has 1 amide bonds. The van der Waals surface area contributed by atoms with Gasteiger partial charge in [-0.3, -0.25) is 4.79 Å². The van der Waals surface area contributed by atoms with Gasteiger partial charge >= 0.3 is 0 Å². The number of halogens is 2. The van der Waals surface area contributed by atoms with E-state index in [0.717, 1.165) is 11.1 Å². The Hall–Kier alpha value is -2.44. The van der Waals surface area contributed by atoms with E-state index in [1.165, 1.54) is 0 Å².